The van der Waals surface area contributed by atoms with Gasteiger partial charge < -0.3 is 4.74 Å². The largest absolute Gasteiger partial charge is 0.433 e. The Bertz CT molecular complexity index is 747. The van der Waals surface area contributed by atoms with E-state index in [0.717, 1.165) is 11.1 Å². The second kappa shape index (κ2) is 7.99. The Morgan fingerprint density at radius 1 is 1.21 bits per heavy atom. The van der Waals surface area contributed by atoms with Crippen molar-refractivity contribution in [2.75, 3.05) is 0 Å². The fraction of sp³-hybridized carbons (Fsp3) is 0.200. The predicted molar refractivity (Wildman–Crippen MR) is 94.0 cm³/mol. The highest BCUT2D eigenvalue weighted by Crippen LogP contribution is 2.29. The third-order valence-electron chi connectivity index (χ3n) is 3.64. The standard InChI is InChI=1S/C20H18ClNO2/c1-13(2)19(15-7-9-17(21)10-8-15)20(23)24-18(12-22)16-6-4-5-14(3)11-16/h4-11,13,19H,3H2,1-2H3/t19-/m0/s1. The van der Waals surface area contributed by atoms with E-state index in [1.807, 2.05) is 26.0 Å². The monoisotopic (exact) mass is 339 g/mol. The minimum Gasteiger partial charge on any atom is -0.433 e. The molecular formula is C20H18ClNO2. The first-order chi connectivity index (χ1) is 11.4. The Kier molecular flexibility index (Phi) is 6.00. The van der Waals surface area contributed by atoms with Crippen LogP contribution in [0.3, 0.4) is 0 Å². The highest BCUT2D eigenvalue weighted by atomic mass is 35.5. The first kappa shape index (κ1) is 18.0. The molecule has 2 rings (SSSR count). The summed E-state index contributed by atoms with van der Waals surface area (Å²) in [5.41, 5.74) is 2.09. The van der Waals surface area contributed by atoms with Crippen LogP contribution in [0.25, 0.3) is 0 Å². The smallest absolute Gasteiger partial charge is 0.315 e. The van der Waals surface area contributed by atoms with Gasteiger partial charge in [0.05, 0.1) is 5.92 Å². The number of benzene rings is 2. The van der Waals surface area contributed by atoms with Gasteiger partial charge in [0.1, 0.15) is 6.07 Å². The maximum absolute atomic E-state index is 12.7. The SMILES string of the molecule is [CH2]c1cccc([C](C#N)OC(=O)[C@H](c2ccc(Cl)cc2)C(C)C)c1. The number of ether oxygens (including phenoxy) is 1. The predicted octanol–water partition coefficient (Wildman–Crippen LogP) is 4.91. The molecule has 0 bridgehead atoms. The van der Waals surface area contributed by atoms with Crippen LogP contribution >= 0.6 is 11.6 Å². The molecule has 0 aliphatic heterocycles. The molecule has 0 amide bonds. The lowest BCUT2D eigenvalue weighted by molar-refractivity contribution is -0.143. The van der Waals surface area contributed by atoms with E-state index in [9.17, 15) is 10.1 Å². The van der Waals surface area contributed by atoms with Gasteiger partial charge in [-0.15, -0.1) is 0 Å². The van der Waals surface area contributed by atoms with Gasteiger partial charge in [0, 0.05) is 10.6 Å². The summed E-state index contributed by atoms with van der Waals surface area (Å²) < 4.78 is 5.40. The maximum atomic E-state index is 12.7. The number of carbonyl (C=O) groups excluding carboxylic acids is 1. The average Bonchev–Trinajstić information content (AvgIpc) is 2.54. The van der Waals surface area contributed by atoms with Crippen LogP contribution in [0.5, 0.6) is 0 Å². The number of halogens is 1. The van der Waals surface area contributed by atoms with Gasteiger partial charge in [-0.25, -0.2) is 0 Å². The van der Waals surface area contributed by atoms with E-state index < -0.39 is 11.9 Å². The third kappa shape index (κ3) is 4.37. The van der Waals surface area contributed by atoms with Gasteiger partial charge >= 0.3 is 5.97 Å². The summed E-state index contributed by atoms with van der Waals surface area (Å²) in [6, 6.07) is 16.0. The molecule has 0 aliphatic rings. The molecule has 4 heteroatoms. The molecule has 0 spiro atoms. The minimum absolute atomic E-state index is 0.0118. The summed E-state index contributed by atoms with van der Waals surface area (Å²) in [4.78, 5) is 12.7. The van der Waals surface area contributed by atoms with Gasteiger partial charge in [0.25, 0.3) is 6.10 Å². The molecule has 0 heterocycles. The van der Waals surface area contributed by atoms with Crippen molar-refractivity contribution in [3.8, 4) is 6.07 Å². The summed E-state index contributed by atoms with van der Waals surface area (Å²) >= 11 is 5.91. The summed E-state index contributed by atoms with van der Waals surface area (Å²) in [6.07, 6.45) is -0.0230. The second-order valence-electron chi connectivity index (χ2n) is 5.84. The third-order valence-corrected chi connectivity index (χ3v) is 3.90. The molecule has 3 nitrogen and oxygen atoms in total. The van der Waals surface area contributed by atoms with E-state index >= 15 is 0 Å². The van der Waals surface area contributed by atoms with E-state index in [-0.39, 0.29) is 12.0 Å². The number of hydrogen-bond acceptors (Lipinski definition) is 3. The molecule has 2 aromatic carbocycles. The van der Waals surface area contributed by atoms with Crippen molar-refractivity contribution in [2.24, 2.45) is 5.92 Å². The first-order valence-electron chi connectivity index (χ1n) is 7.59. The number of carbonyl (C=O) groups is 1. The highest BCUT2D eigenvalue weighted by molar-refractivity contribution is 6.30. The van der Waals surface area contributed by atoms with Crippen LogP contribution < -0.4 is 0 Å². The number of nitriles is 1. The molecule has 0 N–H and O–H groups in total. The van der Waals surface area contributed by atoms with Gasteiger partial charge in [-0.1, -0.05) is 61.8 Å². The summed E-state index contributed by atoms with van der Waals surface area (Å²) in [6.45, 7) is 7.69. The molecule has 122 valence electrons. The number of hydrogen-bond donors (Lipinski definition) is 0. The Balaban J connectivity index is 2.24. The normalized spacial score (nSPS) is 12.0. The fourth-order valence-electron chi connectivity index (χ4n) is 2.49. The van der Waals surface area contributed by atoms with Crippen LogP contribution in [0.4, 0.5) is 0 Å². The molecule has 1 atom stereocenters. The van der Waals surface area contributed by atoms with Crippen LogP contribution in [0, 0.1) is 30.3 Å². The van der Waals surface area contributed by atoms with Gasteiger partial charge in [-0.2, -0.15) is 5.26 Å². The van der Waals surface area contributed by atoms with Crippen molar-refractivity contribution < 1.29 is 9.53 Å². The molecule has 0 fully saturated rings. The van der Waals surface area contributed by atoms with Crippen LogP contribution in [0.15, 0.2) is 48.5 Å². The first-order valence-corrected chi connectivity index (χ1v) is 7.96. The van der Waals surface area contributed by atoms with Crippen LogP contribution in [0.2, 0.25) is 5.02 Å². The van der Waals surface area contributed by atoms with Gasteiger partial charge in [-0.05, 0) is 36.1 Å². The molecule has 2 aromatic rings. The van der Waals surface area contributed by atoms with Crippen molar-refractivity contribution in [1.29, 1.82) is 5.26 Å². The Morgan fingerprint density at radius 2 is 1.88 bits per heavy atom. The molecule has 2 radical (unpaired) electrons. The zero-order valence-corrected chi connectivity index (χ0v) is 14.4. The molecule has 0 saturated carbocycles. The molecule has 0 aromatic heterocycles. The van der Waals surface area contributed by atoms with E-state index in [2.05, 4.69) is 6.92 Å². The molecular weight excluding hydrogens is 322 g/mol. The fourth-order valence-corrected chi connectivity index (χ4v) is 2.61. The second-order valence-corrected chi connectivity index (χ2v) is 6.27. The molecule has 0 unspecified atom stereocenters. The summed E-state index contributed by atoms with van der Waals surface area (Å²) in [5, 5.41) is 9.95. The highest BCUT2D eigenvalue weighted by Gasteiger charge is 2.29. The molecule has 24 heavy (non-hydrogen) atoms. The van der Waals surface area contributed by atoms with Crippen LogP contribution in [-0.4, -0.2) is 5.97 Å². The lowest BCUT2D eigenvalue weighted by Crippen LogP contribution is -2.23. The van der Waals surface area contributed by atoms with Crippen molar-refractivity contribution in [3.05, 3.63) is 83.3 Å². The Hall–Kier alpha value is -2.31. The van der Waals surface area contributed by atoms with Crippen molar-refractivity contribution >= 4 is 17.6 Å². The van der Waals surface area contributed by atoms with E-state index in [0.29, 0.717) is 10.6 Å². The molecule has 0 aliphatic carbocycles. The van der Waals surface area contributed by atoms with E-state index in [4.69, 9.17) is 16.3 Å². The minimum atomic E-state index is -0.478. The Labute approximate surface area is 147 Å². The van der Waals surface area contributed by atoms with Gasteiger partial charge in [0.2, 0.25) is 0 Å². The van der Waals surface area contributed by atoms with Crippen molar-refractivity contribution in [2.45, 2.75) is 19.8 Å². The number of rotatable bonds is 5. The summed E-state index contributed by atoms with van der Waals surface area (Å²) in [7, 11) is 0. The zero-order chi connectivity index (χ0) is 17.7. The maximum Gasteiger partial charge on any atom is 0.315 e. The van der Waals surface area contributed by atoms with E-state index in [1.54, 1.807) is 42.5 Å². The number of esters is 1. The topological polar surface area (TPSA) is 50.1 Å². The lowest BCUT2D eigenvalue weighted by Gasteiger charge is -2.21. The Morgan fingerprint density at radius 3 is 2.42 bits per heavy atom. The van der Waals surface area contributed by atoms with E-state index in [1.165, 1.54) is 0 Å². The quantitative estimate of drug-likeness (QED) is 0.727. The summed E-state index contributed by atoms with van der Waals surface area (Å²) in [5.74, 6) is -0.926. The van der Waals surface area contributed by atoms with Crippen molar-refractivity contribution in [3.63, 3.8) is 0 Å². The number of nitrogens with zero attached hydrogens (tertiary/aromatic N) is 1. The van der Waals surface area contributed by atoms with Gasteiger partial charge in [-0.3, -0.25) is 4.79 Å². The molecule has 0 saturated heterocycles. The lowest BCUT2D eigenvalue weighted by atomic mass is 9.88. The van der Waals surface area contributed by atoms with Crippen LogP contribution in [-0.2, 0) is 9.53 Å². The van der Waals surface area contributed by atoms with Gasteiger partial charge in [0.15, 0.2) is 0 Å². The van der Waals surface area contributed by atoms with Crippen LogP contribution in [0.1, 0.15) is 36.5 Å². The zero-order valence-electron chi connectivity index (χ0n) is 13.6. The van der Waals surface area contributed by atoms with Crippen molar-refractivity contribution in [1.82, 2.24) is 0 Å². The average molecular weight is 340 g/mol.